The van der Waals surface area contributed by atoms with E-state index in [9.17, 15) is 17.6 Å². The molecule has 0 aliphatic heterocycles. The average molecular weight is 445 g/mol. The van der Waals surface area contributed by atoms with Crippen molar-refractivity contribution < 1.29 is 17.6 Å². The van der Waals surface area contributed by atoms with Crippen LogP contribution in [0, 0.1) is 5.82 Å². The summed E-state index contributed by atoms with van der Waals surface area (Å²) in [6, 6.07) is 9.09. The molecule has 30 heavy (non-hydrogen) atoms. The number of sulfone groups is 1. The summed E-state index contributed by atoms with van der Waals surface area (Å²) in [4.78, 5) is 20.2. The predicted octanol–water partition coefficient (Wildman–Crippen LogP) is 3.28. The standard InChI is InChI=1S/C20H14ClFN4O3S/c21-15-7-16(22)9-18(8-15)30(28,29)17-3-1-13(2-4-17)10-24-19(27)14-11-25-20-23-5-6-26(20)12-14/h1-9,11-12H,10H2,(H,24,27). The fourth-order valence-corrected chi connectivity index (χ4v) is 4.43. The highest BCUT2D eigenvalue weighted by molar-refractivity contribution is 7.91. The fourth-order valence-electron chi connectivity index (χ4n) is 2.82. The summed E-state index contributed by atoms with van der Waals surface area (Å²) in [6.07, 6.45) is 6.31. The molecule has 0 bridgehead atoms. The van der Waals surface area contributed by atoms with Crippen LogP contribution in [0.3, 0.4) is 0 Å². The smallest absolute Gasteiger partial charge is 0.254 e. The number of nitrogens with one attached hydrogen (secondary N) is 1. The number of benzene rings is 2. The van der Waals surface area contributed by atoms with Gasteiger partial charge in [-0.3, -0.25) is 9.20 Å². The van der Waals surface area contributed by atoms with Gasteiger partial charge in [0.05, 0.1) is 15.4 Å². The van der Waals surface area contributed by atoms with Gasteiger partial charge in [-0.25, -0.2) is 22.8 Å². The molecule has 1 N–H and O–H groups in total. The van der Waals surface area contributed by atoms with Crippen LogP contribution in [0.2, 0.25) is 5.02 Å². The van der Waals surface area contributed by atoms with Crippen molar-refractivity contribution in [3.05, 3.63) is 89.2 Å². The summed E-state index contributed by atoms with van der Waals surface area (Å²) in [5.41, 5.74) is 1.05. The fraction of sp³-hybridized carbons (Fsp3) is 0.0500. The molecule has 10 heteroatoms. The van der Waals surface area contributed by atoms with Crippen molar-refractivity contribution in [2.45, 2.75) is 16.3 Å². The van der Waals surface area contributed by atoms with Gasteiger partial charge in [0.25, 0.3) is 5.91 Å². The van der Waals surface area contributed by atoms with E-state index in [1.807, 2.05) is 0 Å². The van der Waals surface area contributed by atoms with Crippen LogP contribution in [0.1, 0.15) is 15.9 Å². The van der Waals surface area contributed by atoms with E-state index in [1.54, 1.807) is 35.1 Å². The molecule has 0 aliphatic rings. The van der Waals surface area contributed by atoms with E-state index in [2.05, 4.69) is 15.3 Å². The normalized spacial score (nSPS) is 11.5. The first-order chi connectivity index (χ1) is 14.3. The molecular formula is C20H14ClFN4O3S. The first-order valence-electron chi connectivity index (χ1n) is 8.70. The number of amides is 1. The number of imidazole rings is 1. The second-order valence-electron chi connectivity index (χ2n) is 6.41. The molecular weight excluding hydrogens is 431 g/mol. The van der Waals surface area contributed by atoms with Crippen LogP contribution < -0.4 is 5.32 Å². The molecule has 0 saturated carbocycles. The minimum absolute atomic E-state index is 0.00345. The van der Waals surface area contributed by atoms with E-state index in [1.165, 1.54) is 24.4 Å². The first-order valence-corrected chi connectivity index (χ1v) is 10.6. The SMILES string of the molecule is O=C(NCc1ccc(S(=O)(=O)c2cc(F)cc(Cl)c2)cc1)c1cnc2nccn2c1. The van der Waals surface area contributed by atoms with Crippen molar-refractivity contribution in [2.24, 2.45) is 0 Å². The number of carbonyl (C=O) groups excluding carboxylic acids is 1. The quantitative estimate of drug-likeness (QED) is 0.510. The van der Waals surface area contributed by atoms with Gasteiger partial charge in [0.1, 0.15) is 5.82 Å². The van der Waals surface area contributed by atoms with Crippen molar-refractivity contribution in [3.63, 3.8) is 0 Å². The number of aromatic nitrogens is 3. The predicted molar refractivity (Wildman–Crippen MR) is 107 cm³/mol. The summed E-state index contributed by atoms with van der Waals surface area (Å²) >= 11 is 5.76. The monoisotopic (exact) mass is 444 g/mol. The van der Waals surface area contributed by atoms with Crippen LogP contribution in [0.25, 0.3) is 5.78 Å². The Morgan fingerprint density at radius 2 is 1.87 bits per heavy atom. The zero-order chi connectivity index (χ0) is 21.3. The average Bonchev–Trinajstić information content (AvgIpc) is 3.19. The Kier molecular flexibility index (Phi) is 5.23. The number of fused-ring (bicyclic) bond motifs is 1. The summed E-state index contributed by atoms with van der Waals surface area (Å²) < 4.78 is 40.5. The molecule has 2 aromatic heterocycles. The molecule has 0 fully saturated rings. The van der Waals surface area contributed by atoms with Crippen molar-refractivity contribution in [1.82, 2.24) is 19.7 Å². The van der Waals surface area contributed by atoms with Gasteiger partial charge in [-0.1, -0.05) is 23.7 Å². The topological polar surface area (TPSA) is 93.4 Å². The molecule has 0 aliphatic carbocycles. The number of carbonyl (C=O) groups is 1. The van der Waals surface area contributed by atoms with Crippen molar-refractivity contribution in [3.8, 4) is 0 Å². The molecule has 0 unspecified atom stereocenters. The van der Waals surface area contributed by atoms with E-state index in [0.29, 0.717) is 16.9 Å². The molecule has 4 aromatic rings. The second-order valence-corrected chi connectivity index (χ2v) is 8.80. The van der Waals surface area contributed by atoms with E-state index in [4.69, 9.17) is 11.6 Å². The lowest BCUT2D eigenvalue weighted by molar-refractivity contribution is 0.0950. The molecule has 0 saturated heterocycles. The second kappa shape index (κ2) is 7.85. The summed E-state index contributed by atoms with van der Waals surface area (Å²) in [5.74, 6) is -0.573. The Labute approximate surface area is 176 Å². The number of nitrogens with zero attached hydrogens (tertiary/aromatic N) is 3. The maximum Gasteiger partial charge on any atom is 0.254 e. The third-order valence-corrected chi connectivity index (χ3v) is 6.31. The summed E-state index contributed by atoms with van der Waals surface area (Å²) in [7, 11) is -3.92. The lowest BCUT2D eigenvalue weighted by Gasteiger charge is -2.08. The lowest BCUT2D eigenvalue weighted by atomic mass is 10.2. The Balaban J connectivity index is 1.47. The molecule has 4 rings (SSSR count). The highest BCUT2D eigenvalue weighted by Gasteiger charge is 2.19. The van der Waals surface area contributed by atoms with Gasteiger partial charge < -0.3 is 5.32 Å². The van der Waals surface area contributed by atoms with E-state index < -0.39 is 15.7 Å². The molecule has 7 nitrogen and oxygen atoms in total. The van der Waals surface area contributed by atoms with Crippen LogP contribution in [-0.2, 0) is 16.4 Å². The van der Waals surface area contributed by atoms with Gasteiger partial charge in [-0.05, 0) is 35.9 Å². The van der Waals surface area contributed by atoms with E-state index in [-0.39, 0.29) is 27.3 Å². The van der Waals surface area contributed by atoms with Crippen LogP contribution in [0.15, 0.2) is 77.0 Å². The van der Waals surface area contributed by atoms with Gasteiger partial charge in [-0.15, -0.1) is 0 Å². The largest absolute Gasteiger partial charge is 0.348 e. The van der Waals surface area contributed by atoms with Crippen molar-refractivity contribution in [2.75, 3.05) is 0 Å². The number of halogens is 2. The van der Waals surface area contributed by atoms with Gasteiger partial charge in [0.15, 0.2) is 0 Å². The zero-order valence-electron chi connectivity index (χ0n) is 15.3. The minimum Gasteiger partial charge on any atom is -0.348 e. The third kappa shape index (κ3) is 4.03. The molecule has 2 heterocycles. The van der Waals surface area contributed by atoms with Gasteiger partial charge in [-0.2, -0.15) is 0 Å². The highest BCUT2D eigenvalue weighted by atomic mass is 35.5. The van der Waals surface area contributed by atoms with Crippen molar-refractivity contribution in [1.29, 1.82) is 0 Å². The maximum atomic E-state index is 13.5. The van der Waals surface area contributed by atoms with Gasteiger partial charge >= 0.3 is 0 Å². The number of hydrogen-bond donors (Lipinski definition) is 1. The molecule has 2 aromatic carbocycles. The first kappa shape index (κ1) is 20.0. The minimum atomic E-state index is -3.92. The molecule has 0 radical (unpaired) electrons. The molecule has 0 spiro atoms. The molecule has 1 amide bonds. The van der Waals surface area contributed by atoms with Crippen molar-refractivity contribution >= 4 is 33.1 Å². The molecule has 0 atom stereocenters. The summed E-state index contributed by atoms with van der Waals surface area (Å²) in [5, 5.41) is 2.74. The zero-order valence-corrected chi connectivity index (χ0v) is 16.9. The Morgan fingerprint density at radius 3 is 2.60 bits per heavy atom. The number of hydrogen-bond acceptors (Lipinski definition) is 5. The maximum absolute atomic E-state index is 13.5. The lowest BCUT2D eigenvalue weighted by Crippen LogP contribution is -2.23. The van der Waals surface area contributed by atoms with Gasteiger partial charge in [0.2, 0.25) is 15.6 Å². The van der Waals surface area contributed by atoms with Crippen LogP contribution in [0.5, 0.6) is 0 Å². The van der Waals surface area contributed by atoms with Crippen LogP contribution >= 0.6 is 11.6 Å². The van der Waals surface area contributed by atoms with Crippen LogP contribution in [0.4, 0.5) is 4.39 Å². The highest BCUT2D eigenvalue weighted by Crippen LogP contribution is 2.25. The Hall–Kier alpha value is -3.30. The van der Waals surface area contributed by atoms with Gasteiger partial charge in [0, 0.05) is 36.4 Å². The molecule has 152 valence electrons. The van der Waals surface area contributed by atoms with E-state index >= 15 is 0 Å². The Bertz CT molecular complexity index is 1330. The van der Waals surface area contributed by atoms with E-state index in [0.717, 1.165) is 12.1 Å². The van der Waals surface area contributed by atoms with Crippen LogP contribution in [-0.4, -0.2) is 28.7 Å². The summed E-state index contributed by atoms with van der Waals surface area (Å²) in [6.45, 7) is 0.187. The number of rotatable bonds is 5. The third-order valence-electron chi connectivity index (χ3n) is 4.34. The Morgan fingerprint density at radius 1 is 1.10 bits per heavy atom.